The van der Waals surface area contributed by atoms with Gasteiger partial charge in [-0.15, -0.1) is 0 Å². The molecular formula is C10H9ClN2O2S. The van der Waals surface area contributed by atoms with Crippen molar-refractivity contribution in [2.45, 2.75) is 4.90 Å². The van der Waals surface area contributed by atoms with Gasteiger partial charge in [-0.2, -0.15) is 0 Å². The summed E-state index contributed by atoms with van der Waals surface area (Å²) < 4.78 is 24.2. The van der Waals surface area contributed by atoms with E-state index in [2.05, 4.69) is 4.98 Å². The Hall–Kier alpha value is -1.33. The predicted octanol–water partition coefficient (Wildman–Crippen LogP) is 2.01. The van der Waals surface area contributed by atoms with Crippen LogP contribution in [0.4, 0.5) is 0 Å². The van der Waals surface area contributed by atoms with Crippen LogP contribution < -0.4 is 0 Å². The lowest BCUT2D eigenvalue weighted by Crippen LogP contribution is -1.94. The van der Waals surface area contributed by atoms with Crippen LogP contribution in [0.3, 0.4) is 0 Å². The Morgan fingerprint density at radius 1 is 1.38 bits per heavy atom. The van der Waals surface area contributed by atoms with E-state index in [1.807, 2.05) is 7.05 Å². The lowest BCUT2D eigenvalue weighted by atomic mass is 10.2. The van der Waals surface area contributed by atoms with Gasteiger partial charge in [0.15, 0.2) is 0 Å². The zero-order valence-corrected chi connectivity index (χ0v) is 10.0. The van der Waals surface area contributed by atoms with Gasteiger partial charge in [0.1, 0.15) is 5.82 Å². The third-order valence-corrected chi connectivity index (χ3v) is 3.55. The van der Waals surface area contributed by atoms with Crippen molar-refractivity contribution in [1.29, 1.82) is 0 Å². The third-order valence-electron chi connectivity index (χ3n) is 2.19. The van der Waals surface area contributed by atoms with Crippen molar-refractivity contribution in [3.8, 4) is 11.4 Å². The van der Waals surface area contributed by atoms with Crippen molar-refractivity contribution < 1.29 is 8.42 Å². The maximum Gasteiger partial charge on any atom is 0.261 e. The Labute approximate surface area is 97.9 Å². The van der Waals surface area contributed by atoms with Crippen LogP contribution in [0.5, 0.6) is 0 Å². The van der Waals surface area contributed by atoms with Crippen LogP contribution in [0.2, 0.25) is 0 Å². The van der Waals surface area contributed by atoms with Crippen LogP contribution >= 0.6 is 10.7 Å². The van der Waals surface area contributed by atoms with Gasteiger partial charge in [-0.1, -0.05) is 12.1 Å². The topological polar surface area (TPSA) is 52.0 Å². The molecule has 0 atom stereocenters. The highest BCUT2D eigenvalue weighted by atomic mass is 35.7. The SMILES string of the molecule is Cn1ccnc1-c1cccc(S(=O)(=O)Cl)c1. The molecule has 0 amide bonds. The van der Waals surface area contributed by atoms with Crippen LogP contribution in [0.25, 0.3) is 11.4 Å². The number of rotatable bonds is 2. The van der Waals surface area contributed by atoms with Crippen LogP contribution in [0.15, 0.2) is 41.6 Å². The third kappa shape index (κ3) is 2.10. The predicted molar refractivity (Wildman–Crippen MR) is 61.7 cm³/mol. The fourth-order valence-corrected chi connectivity index (χ4v) is 2.23. The second-order valence-corrected chi connectivity index (χ2v) is 5.89. The Bertz CT molecular complexity index is 619. The van der Waals surface area contributed by atoms with E-state index in [-0.39, 0.29) is 4.90 Å². The molecule has 84 valence electrons. The molecule has 0 fully saturated rings. The Morgan fingerprint density at radius 3 is 2.69 bits per heavy atom. The van der Waals surface area contributed by atoms with Crippen molar-refractivity contribution in [3.05, 3.63) is 36.7 Å². The van der Waals surface area contributed by atoms with E-state index in [9.17, 15) is 8.42 Å². The van der Waals surface area contributed by atoms with E-state index in [0.29, 0.717) is 11.4 Å². The molecule has 4 nitrogen and oxygen atoms in total. The number of aromatic nitrogens is 2. The summed E-state index contributed by atoms with van der Waals surface area (Å²) in [5.41, 5.74) is 0.717. The molecule has 0 saturated heterocycles. The number of aryl methyl sites for hydroxylation is 1. The molecule has 1 aromatic heterocycles. The van der Waals surface area contributed by atoms with Gasteiger partial charge in [0.05, 0.1) is 4.90 Å². The van der Waals surface area contributed by atoms with Crippen LogP contribution in [0.1, 0.15) is 0 Å². The zero-order chi connectivity index (χ0) is 11.8. The van der Waals surface area contributed by atoms with E-state index in [4.69, 9.17) is 10.7 Å². The summed E-state index contributed by atoms with van der Waals surface area (Å²) >= 11 is 0. The van der Waals surface area contributed by atoms with Gasteiger partial charge in [-0.05, 0) is 12.1 Å². The van der Waals surface area contributed by atoms with E-state index in [1.165, 1.54) is 12.1 Å². The van der Waals surface area contributed by atoms with Gasteiger partial charge in [0.2, 0.25) is 0 Å². The molecular weight excluding hydrogens is 248 g/mol. The first-order valence-corrected chi connectivity index (χ1v) is 6.82. The Morgan fingerprint density at radius 2 is 2.12 bits per heavy atom. The zero-order valence-electron chi connectivity index (χ0n) is 8.46. The summed E-state index contributed by atoms with van der Waals surface area (Å²) in [4.78, 5) is 4.21. The molecule has 1 aromatic carbocycles. The van der Waals surface area contributed by atoms with E-state index in [1.54, 1.807) is 29.1 Å². The molecule has 2 aromatic rings. The van der Waals surface area contributed by atoms with Crippen molar-refractivity contribution in [2.24, 2.45) is 7.05 Å². The van der Waals surface area contributed by atoms with Gasteiger partial charge in [0, 0.05) is 35.7 Å². The molecule has 0 unspecified atom stereocenters. The molecule has 16 heavy (non-hydrogen) atoms. The van der Waals surface area contributed by atoms with Crippen LogP contribution in [-0.2, 0) is 16.1 Å². The van der Waals surface area contributed by atoms with Crippen molar-refractivity contribution in [2.75, 3.05) is 0 Å². The number of benzene rings is 1. The number of hydrogen-bond acceptors (Lipinski definition) is 3. The molecule has 0 N–H and O–H groups in total. The van der Waals surface area contributed by atoms with Crippen LogP contribution in [0, 0.1) is 0 Å². The average molecular weight is 257 g/mol. The average Bonchev–Trinajstić information content (AvgIpc) is 2.63. The van der Waals surface area contributed by atoms with Crippen molar-refractivity contribution in [1.82, 2.24) is 9.55 Å². The maximum atomic E-state index is 11.2. The van der Waals surface area contributed by atoms with E-state index >= 15 is 0 Å². The molecule has 1 heterocycles. The minimum absolute atomic E-state index is 0.0784. The molecule has 0 saturated carbocycles. The Balaban J connectivity index is 2.57. The summed E-state index contributed by atoms with van der Waals surface area (Å²) in [6, 6.07) is 6.38. The quantitative estimate of drug-likeness (QED) is 0.773. The van der Waals surface area contributed by atoms with Gasteiger partial charge in [-0.25, -0.2) is 13.4 Å². The molecule has 0 aliphatic carbocycles. The fourth-order valence-electron chi connectivity index (χ4n) is 1.43. The summed E-state index contributed by atoms with van der Waals surface area (Å²) in [6.07, 6.45) is 3.44. The second kappa shape index (κ2) is 3.92. The summed E-state index contributed by atoms with van der Waals surface area (Å²) in [5.74, 6) is 0.696. The van der Waals surface area contributed by atoms with E-state index in [0.717, 1.165) is 0 Å². The molecule has 0 radical (unpaired) electrons. The molecule has 0 aliphatic heterocycles. The highest BCUT2D eigenvalue weighted by Gasteiger charge is 2.12. The fraction of sp³-hybridized carbons (Fsp3) is 0.100. The van der Waals surface area contributed by atoms with Gasteiger partial charge in [-0.3, -0.25) is 0 Å². The monoisotopic (exact) mass is 256 g/mol. The molecule has 0 bridgehead atoms. The second-order valence-electron chi connectivity index (χ2n) is 3.33. The number of imidazole rings is 1. The van der Waals surface area contributed by atoms with Crippen LogP contribution in [-0.4, -0.2) is 18.0 Å². The lowest BCUT2D eigenvalue weighted by Gasteiger charge is -2.03. The molecule has 0 spiro atoms. The molecule has 0 aliphatic rings. The minimum Gasteiger partial charge on any atom is -0.334 e. The van der Waals surface area contributed by atoms with Crippen molar-refractivity contribution >= 4 is 19.7 Å². The summed E-state index contributed by atoms with van der Waals surface area (Å²) in [7, 11) is 3.42. The minimum atomic E-state index is -3.69. The van der Waals surface area contributed by atoms with Crippen molar-refractivity contribution in [3.63, 3.8) is 0 Å². The lowest BCUT2D eigenvalue weighted by molar-refractivity contribution is 0.609. The largest absolute Gasteiger partial charge is 0.334 e. The Kier molecular flexibility index (Phi) is 2.73. The standard InChI is InChI=1S/C10H9ClN2O2S/c1-13-6-5-12-10(13)8-3-2-4-9(7-8)16(11,14)15/h2-7H,1H3. The highest BCUT2D eigenvalue weighted by Crippen LogP contribution is 2.22. The van der Waals surface area contributed by atoms with E-state index < -0.39 is 9.05 Å². The number of halogens is 1. The number of hydrogen-bond donors (Lipinski definition) is 0. The van der Waals surface area contributed by atoms with Gasteiger partial charge >= 0.3 is 0 Å². The smallest absolute Gasteiger partial charge is 0.261 e. The van der Waals surface area contributed by atoms with Gasteiger partial charge in [0.25, 0.3) is 9.05 Å². The first-order valence-electron chi connectivity index (χ1n) is 4.51. The first-order chi connectivity index (χ1) is 7.48. The molecule has 2 rings (SSSR count). The maximum absolute atomic E-state index is 11.2. The summed E-state index contributed by atoms with van der Waals surface area (Å²) in [5, 5.41) is 0. The molecule has 6 heteroatoms. The highest BCUT2D eigenvalue weighted by molar-refractivity contribution is 8.13. The first kappa shape index (κ1) is 11.2. The normalized spacial score (nSPS) is 11.6. The van der Waals surface area contributed by atoms with Gasteiger partial charge < -0.3 is 4.57 Å². The summed E-state index contributed by atoms with van der Waals surface area (Å²) in [6.45, 7) is 0. The number of nitrogens with zero attached hydrogens (tertiary/aromatic N) is 2.